The minimum Gasteiger partial charge on any atom is -0.507 e. The van der Waals surface area contributed by atoms with Gasteiger partial charge in [0.2, 0.25) is 10.9 Å². The monoisotopic (exact) mass is 868 g/mol. The summed E-state index contributed by atoms with van der Waals surface area (Å²) in [5.74, 6) is -6.17. The fourth-order valence-corrected chi connectivity index (χ4v) is 9.68. The average Bonchev–Trinajstić information content (AvgIpc) is 3.74. The fourth-order valence-electron chi connectivity index (χ4n) is 9.68. The summed E-state index contributed by atoms with van der Waals surface area (Å²) in [6.07, 6.45) is 5.54. The predicted octanol–water partition coefficient (Wildman–Crippen LogP) is 3.93. The Labute approximate surface area is 363 Å². The Balaban J connectivity index is 1.36. The molecule has 16 nitrogen and oxygen atoms in total. The van der Waals surface area contributed by atoms with Crippen LogP contribution in [0.1, 0.15) is 59.9 Å². The molecule has 11 atom stereocenters. The van der Waals surface area contributed by atoms with Gasteiger partial charge in [0.1, 0.15) is 22.7 Å². The number of anilines is 2. The minimum atomic E-state index is -1.95. The molecular weight excluding hydrogens is 813 g/mol. The SMILES string of the molecule is CO[C@H]1/C=C\O[C@@]2(C)Oc3c(C)c(O)c4c(=O)c(c5oc6cc(N7CC8CCC(C7)N8)cc(=O)c6nc5c4c3=C2O)NC(=O)/C(C)=C/C=C\[C@H](C)[C@H](O)[C@@H](C)[C@@H](O)[C@@H](C)[C@@H](O)[C@H]1C. The molecular formula is C47H56N4O12. The number of piperazine rings is 1. The number of benzene rings is 3. The summed E-state index contributed by atoms with van der Waals surface area (Å²) in [5.41, 5.74) is -1.20. The number of allylic oxidation sites excluding steroid dienone is 2. The zero-order valence-electron chi connectivity index (χ0n) is 36.6. The van der Waals surface area contributed by atoms with E-state index < -0.39 is 82.1 Å². The van der Waals surface area contributed by atoms with Gasteiger partial charge in [0.15, 0.2) is 22.4 Å². The lowest BCUT2D eigenvalue weighted by molar-refractivity contribution is -0.112. The number of nitrogens with one attached hydrogen (secondary N) is 2. The number of hydrogen-bond acceptors (Lipinski definition) is 15. The van der Waals surface area contributed by atoms with Gasteiger partial charge in [-0.15, -0.1) is 0 Å². The molecule has 2 fully saturated rings. The molecule has 4 aliphatic rings. The van der Waals surface area contributed by atoms with Crippen LogP contribution in [-0.2, 0) is 14.3 Å². The van der Waals surface area contributed by atoms with Crippen LogP contribution in [0.15, 0.2) is 62.3 Å². The summed E-state index contributed by atoms with van der Waals surface area (Å²) >= 11 is 0. The number of aromatic nitrogens is 1. The first-order chi connectivity index (χ1) is 29.8. The van der Waals surface area contributed by atoms with Crippen molar-refractivity contribution in [3.8, 4) is 11.5 Å². The smallest absolute Gasteiger partial charge is 0.307 e. The number of carbonyl (C=O) groups is 1. The number of ether oxygens (including phenoxy) is 3. The molecule has 4 aliphatic heterocycles. The molecule has 0 radical (unpaired) electrons. The molecule has 0 saturated carbocycles. The first-order valence-electron chi connectivity index (χ1n) is 21.5. The normalized spacial score (nSPS) is 33.6. The van der Waals surface area contributed by atoms with Crippen molar-refractivity contribution >= 4 is 56.0 Å². The molecule has 63 heavy (non-hydrogen) atoms. The maximum Gasteiger partial charge on any atom is 0.307 e. The van der Waals surface area contributed by atoms with Gasteiger partial charge in [-0.1, -0.05) is 45.9 Å². The molecule has 0 aliphatic carbocycles. The molecule has 5 heterocycles. The number of fused-ring (bicyclic) bond motifs is 4. The lowest BCUT2D eigenvalue weighted by Crippen LogP contribution is -2.51. The third-order valence-electron chi connectivity index (χ3n) is 13.7. The van der Waals surface area contributed by atoms with E-state index in [4.69, 9.17) is 23.6 Å². The van der Waals surface area contributed by atoms with E-state index in [1.165, 1.54) is 52.4 Å². The molecule has 2 unspecified atom stereocenters. The third-order valence-corrected chi connectivity index (χ3v) is 13.7. The first-order valence-corrected chi connectivity index (χ1v) is 21.5. The maximum absolute atomic E-state index is 14.8. The van der Waals surface area contributed by atoms with Crippen LogP contribution in [-0.4, -0.2) is 98.9 Å². The van der Waals surface area contributed by atoms with Crippen molar-refractivity contribution in [3.63, 3.8) is 0 Å². The number of phenols is 1. The summed E-state index contributed by atoms with van der Waals surface area (Å²) in [6.45, 7) is 12.7. The van der Waals surface area contributed by atoms with E-state index in [2.05, 4.69) is 15.5 Å². The quantitative estimate of drug-likeness (QED) is 0.112. The zero-order chi connectivity index (χ0) is 45.4. The molecule has 3 aromatic carbocycles. The molecule has 6 bridgehead atoms. The molecule has 16 heteroatoms. The number of aliphatic hydroxyl groups excluding tert-OH is 4. The van der Waals surface area contributed by atoms with Crippen LogP contribution in [0.2, 0.25) is 0 Å². The van der Waals surface area contributed by atoms with Gasteiger partial charge in [-0.25, -0.2) is 4.98 Å². The Morgan fingerprint density at radius 1 is 0.889 bits per heavy atom. The van der Waals surface area contributed by atoms with Crippen LogP contribution in [0.25, 0.3) is 38.7 Å². The van der Waals surface area contributed by atoms with Gasteiger partial charge in [0.05, 0.1) is 41.3 Å². The number of carbonyl (C=O) groups excluding carboxylic acids is 1. The molecule has 336 valence electrons. The maximum atomic E-state index is 14.8. The van der Waals surface area contributed by atoms with Gasteiger partial charge in [0.25, 0.3) is 5.91 Å². The Bertz CT molecular complexity index is 2770. The number of rotatable bonds is 2. The average molecular weight is 869 g/mol. The Morgan fingerprint density at radius 3 is 2.24 bits per heavy atom. The number of methoxy groups -OCH3 is 1. The highest BCUT2D eigenvalue weighted by molar-refractivity contribution is 6.16. The van der Waals surface area contributed by atoms with E-state index in [9.17, 15) is 39.9 Å². The minimum absolute atomic E-state index is 0.0321. The second-order valence-electron chi connectivity index (χ2n) is 18.0. The standard InChI is InChI=1S/C47H56N4O12/c1-20-10-9-11-21(2)46(59)50-37-42(57)33-32(36-44(37)62-31-17-28(16-29(52)35(31)49-36)51-18-26-12-13-27(19-51)48-26)34-43(25(6)41(33)56)63-47(7,45(34)58)61-15-14-30(60-8)22(3)39(54)24(5)40(55)23(4)38(20)53/h9-11,14-17,20,22-24,26-27,30,38-40,48,53-56,58H,12-13,18-19H2,1-8H3,(H,50,59)/b10-9-,15-14-,21-11+/t20-,22-,23+,24-,26?,27?,30-,38-,39-,40+,47-/m0/s1. The van der Waals surface area contributed by atoms with Crippen molar-refractivity contribution in [3.05, 3.63) is 79.5 Å². The van der Waals surface area contributed by atoms with Crippen LogP contribution in [0.4, 0.5) is 11.4 Å². The largest absolute Gasteiger partial charge is 0.507 e. The lowest BCUT2D eigenvalue weighted by atomic mass is 9.78. The van der Waals surface area contributed by atoms with Gasteiger partial charge >= 0.3 is 5.79 Å². The van der Waals surface area contributed by atoms with Crippen molar-refractivity contribution in [1.29, 1.82) is 0 Å². The van der Waals surface area contributed by atoms with Crippen LogP contribution in [0.5, 0.6) is 11.5 Å². The fraction of sp³-hybridized carbons (Fsp3) is 0.489. The molecule has 2 saturated heterocycles. The number of amides is 1. The number of aliphatic hydroxyl groups is 4. The number of hydrogen-bond donors (Lipinski definition) is 7. The zero-order valence-corrected chi connectivity index (χ0v) is 36.6. The molecule has 1 amide bonds. The van der Waals surface area contributed by atoms with Crippen molar-refractivity contribution in [2.75, 3.05) is 30.4 Å². The van der Waals surface area contributed by atoms with Crippen molar-refractivity contribution in [1.82, 2.24) is 10.3 Å². The Kier molecular flexibility index (Phi) is 11.6. The molecule has 1 aromatic heterocycles. The van der Waals surface area contributed by atoms with E-state index in [0.717, 1.165) is 12.8 Å². The highest BCUT2D eigenvalue weighted by Crippen LogP contribution is 2.42. The highest BCUT2D eigenvalue weighted by Gasteiger charge is 2.44. The third kappa shape index (κ3) is 7.50. The highest BCUT2D eigenvalue weighted by atomic mass is 16.7. The summed E-state index contributed by atoms with van der Waals surface area (Å²) in [6, 6.07) is 3.73. The van der Waals surface area contributed by atoms with Crippen LogP contribution < -0.4 is 36.3 Å². The van der Waals surface area contributed by atoms with Gasteiger partial charge in [-0.05, 0) is 32.8 Å². The van der Waals surface area contributed by atoms with Gasteiger partial charge in [0, 0.05) is 97.2 Å². The van der Waals surface area contributed by atoms with E-state index >= 15 is 0 Å². The van der Waals surface area contributed by atoms with Crippen molar-refractivity contribution in [2.45, 2.75) is 104 Å². The second kappa shape index (κ2) is 16.6. The van der Waals surface area contributed by atoms with Gasteiger partial charge in [-0.3, -0.25) is 14.4 Å². The topological polar surface area (TPSA) is 233 Å². The first kappa shape index (κ1) is 44.1. The predicted molar refractivity (Wildman–Crippen MR) is 238 cm³/mol. The summed E-state index contributed by atoms with van der Waals surface area (Å²) in [5, 5.41) is 63.7. The molecule has 8 rings (SSSR count). The molecule has 7 N–H and O–H groups in total. The van der Waals surface area contributed by atoms with E-state index in [1.807, 2.05) is 0 Å². The van der Waals surface area contributed by atoms with Gasteiger partial charge in [-0.2, -0.15) is 0 Å². The summed E-state index contributed by atoms with van der Waals surface area (Å²) < 4.78 is 24.5. The van der Waals surface area contributed by atoms with E-state index in [-0.39, 0.29) is 72.8 Å². The molecule has 0 spiro atoms. The summed E-state index contributed by atoms with van der Waals surface area (Å²) in [4.78, 5) is 49.6. The van der Waals surface area contributed by atoms with Crippen molar-refractivity contribution < 1.29 is 49.0 Å². The van der Waals surface area contributed by atoms with Crippen LogP contribution >= 0.6 is 0 Å². The van der Waals surface area contributed by atoms with Crippen molar-refractivity contribution in [2.24, 2.45) is 23.7 Å². The Morgan fingerprint density at radius 2 is 1.56 bits per heavy atom. The summed E-state index contributed by atoms with van der Waals surface area (Å²) in [7, 11) is 1.45. The lowest BCUT2D eigenvalue weighted by Gasteiger charge is -2.36. The van der Waals surface area contributed by atoms with E-state index in [1.54, 1.807) is 45.9 Å². The number of nitrogens with zero attached hydrogens (tertiary/aromatic N) is 2. The molecule has 4 aromatic rings. The van der Waals surface area contributed by atoms with Gasteiger partial charge < -0.3 is 59.7 Å². The second-order valence-corrected chi connectivity index (χ2v) is 18.0. The van der Waals surface area contributed by atoms with Crippen LogP contribution in [0.3, 0.4) is 0 Å². The Hall–Kier alpha value is -5.52. The number of phenolic OH excluding ortho intramolecular Hbond substituents is 1. The number of aromatic hydroxyl groups is 1. The van der Waals surface area contributed by atoms with E-state index in [0.29, 0.717) is 18.8 Å². The van der Waals surface area contributed by atoms with Crippen LogP contribution in [0, 0.1) is 30.6 Å².